The van der Waals surface area contributed by atoms with Gasteiger partial charge in [0.25, 0.3) is 11.8 Å². The Morgan fingerprint density at radius 3 is 2.29 bits per heavy atom. The molecule has 0 saturated heterocycles. The van der Waals surface area contributed by atoms with Crippen molar-refractivity contribution in [1.82, 2.24) is 14.9 Å². The molecular formula is C24H22N4O3. The van der Waals surface area contributed by atoms with E-state index in [0.29, 0.717) is 11.7 Å². The second kappa shape index (κ2) is 8.71. The number of rotatable bonds is 6. The molecule has 2 N–H and O–H groups in total. The summed E-state index contributed by atoms with van der Waals surface area (Å²) in [5, 5.41) is 5.59. The smallest absolute Gasteiger partial charge is 0.258 e. The third-order valence-electron chi connectivity index (χ3n) is 4.92. The van der Waals surface area contributed by atoms with Gasteiger partial charge in [-0.3, -0.25) is 14.9 Å². The Hall–Kier alpha value is -4.13. The van der Waals surface area contributed by atoms with Crippen molar-refractivity contribution < 1.29 is 14.0 Å². The number of benzene rings is 2. The fourth-order valence-electron chi connectivity index (χ4n) is 3.29. The van der Waals surface area contributed by atoms with Crippen LogP contribution in [0.1, 0.15) is 32.2 Å². The van der Waals surface area contributed by atoms with Gasteiger partial charge in [0.15, 0.2) is 0 Å². The lowest BCUT2D eigenvalue weighted by Crippen LogP contribution is -2.26. The van der Waals surface area contributed by atoms with Gasteiger partial charge < -0.3 is 14.3 Å². The zero-order valence-electron chi connectivity index (χ0n) is 17.3. The Kier molecular flexibility index (Phi) is 5.66. The van der Waals surface area contributed by atoms with Gasteiger partial charge in [0.2, 0.25) is 5.95 Å². The van der Waals surface area contributed by atoms with Gasteiger partial charge in [0.05, 0.1) is 29.6 Å². The molecule has 0 spiro atoms. The minimum atomic E-state index is -0.409. The second-order valence-electron chi connectivity index (χ2n) is 7.09. The summed E-state index contributed by atoms with van der Waals surface area (Å²) < 4.78 is 7.27. The number of nitrogens with zero attached hydrogens (tertiary/aromatic N) is 2. The van der Waals surface area contributed by atoms with E-state index in [2.05, 4.69) is 15.6 Å². The molecule has 0 aliphatic heterocycles. The molecule has 7 nitrogen and oxygen atoms in total. The fourth-order valence-corrected chi connectivity index (χ4v) is 3.29. The lowest BCUT2D eigenvalue weighted by Gasteiger charge is -2.11. The third-order valence-corrected chi connectivity index (χ3v) is 4.92. The average molecular weight is 414 g/mol. The molecule has 156 valence electrons. The van der Waals surface area contributed by atoms with Crippen LogP contribution in [0.25, 0.3) is 11.3 Å². The highest BCUT2D eigenvalue weighted by molar-refractivity contribution is 6.11. The van der Waals surface area contributed by atoms with Gasteiger partial charge in [-0.15, -0.1) is 0 Å². The molecule has 2 amide bonds. The first-order chi connectivity index (χ1) is 15.0. The van der Waals surface area contributed by atoms with Crippen LogP contribution < -0.4 is 10.6 Å². The Bertz CT molecular complexity index is 1220. The van der Waals surface area contributed by atoms with E-state index < -0.39 is 5.91 Å². The van der Waals surface area contributed by atoms with Gasteiger partial charge in [0.1, 0.15) is 11.5 Å². The third kappa shape index (κ3) is 4.40. The zero-order chi connectivity index (χ0) is 21.8. The zero-order valence-corrected chi connectivity index (χ0v) is 17.3. The van der Waals surface area contributed by atoms with E-state index in [9.17, 15) is 9.59 Å². The highest BCUT2D eigenvalue weighted by atomic mass is 16.3. The van der Waals surface area contributed by atoms with Crippen LogP contribution in [0, 0.1) is 6.92 Å². The second-order valence-corrected chi connectivity index (χ2v) is 7.09. The number of anilines is 1. The Morgan fingerprint density at radius 2 is 1.61 bits per heavy atom. The topological polar surface area (TPSA) is 89.2 Å². The minimum absolute atomic E-state index is 0.239. The van der Waals surface area contributed by atoms with E-state index >= 15 is 0 Å². The fraction of sp³-hybridized carbons (Fsp3) is 0.125. The molecule has 0 unspecified atom stereocenters. The van der Waals surface area contributed by atoms with Crippen LogP contribution in [0.15, 0.2) is 77.3 Å². The highest BCUT2D eigenvalue weighted by Gasteiger charge is 2.19. The number of aryl methyl sites for hydroxylation is 1. The quantitative estimate of drug-likeness (QED) is 0.496. The predicted octanol–water partition coefficient (Wildman–Crippen LogP) is 4.17. The summed E-state index contributed by atoms with van der Waals surface area (Å²) in [4.78, 5) is 30.0. The largest absolute Gasteiger partial charge is 0.465 e. The molecular weight excluding hydrogens is 392 g/mol. The molecule has 0 fully saturated rings. The lowest BCUT2D eigenvalue weighted by molar-refractivity contribution is 0.0935. The maximum atomic E-state index is 13.0. The lowest BCUT2D eigenvalue weighted by atomic mass is 10.1. The van der Waals surface area contributed by atoms with Gasteiger partial charge in [-0.25, -0.2) is 4.98 Å². The van der Waals surface area contributed by atoms with Gasteiger partial charge in [0, 0.05) is 7.05 Å². The molecule has 0 radical (unpaired) electrons. The van der Waals surface area contributed by atoms with Crippen molar-refractivity contribution in [3.63, 3.8) is 0 Å². The number of hydrogen-bond acceptors (Lipinski definition) is 4. The van der Waals surface area contributed by atoms with Gasteiger partial charge in [-0.2, -0.15) is 0 Å². The summed E-state index contributed by atoms with van der Waals surface area (Å²) in [7, 11) is 1.83. The summed E-state index contributed by atoms with van der Waals surface area (Å²) in [5.41, 5.74) is 2.40. The molecule has 0 aliphatic rings. The number of carbonyl (C=O) groups is 2. The first kappa shape index (κ1) is 20.2. The van der Waals surface area contributed by atoms with Crippen molar-refractivity contribution in [3.8, 4) is 11.3 Å². The maximum Gasteiger partial charge on any atom is 0.258 e. The summed E-state index contributed by atoms with van der Waals surface area (Å²) >= 11 is 0. The Morgan fingerprint density at radius 1 is 0.935 bits per heavy atom. The number of imidazole rings is 1. The molecule has 4 rings (SSSR count). The first-order valence-electron chi connectivity index (χ1n) is 9.84. The molecule has 0 atom stereocenters. The molecule has 2 aromatic carbocycles. The molecule has 0 aliphatic carbocycles. The number of aromatic nitrogens is 2. The maximum absolute atomic E-state index is 13.0. The van der Waals surface area contributed by atoms with Crippen LogP contribution in [0.3, 0.4) is 0 Å². The summed E-state index contributed by atoms with van der Waals surface area (Å²) in [6.45, 7) is 2.08. The number of nitrogens with one attached hydrogen (secondary N) is 2. The van der Waals surface area contributed by atoms with Gasteiger partial charge in [-0.1, -0.05) is 42.5 Å². The number of carbonyl (C=O) groups excluding carboxylic acids is 2. The Balaban J connectivity index is 1.51. The van der Waals surface area contributed by atoms with Gasteiger partial charge >= 0.3 is 0 Å². The van der Waals surface area contributed by atoms with E-state index in [1.807, 2.05) is 50.4 Å². The van der Waals surface area contributed by atoms with Crippen LogP contribution in [0.4, 0.5) is 5.95 Å². The summed E-state index contributed by atoms with van der Waals surface area (Å²) in [6, 6.07) is 20.1. The molecule has 7 heteroatoms. The van der Waals surface area contributed by atoms with E-state index in [1.165, 1.54) is 0 Å². The number of amides is 2. The van der Waals surface area contributed by atoms with Crippen molar-refractivity contribution in [1.29, 1.82) is 0 Å². The van der Waals surface area contributed by atoms with Crippen LogP contribution in [-0.2, 0) is 13.6 Å². The van der Waals surface area contributed by atoms with Crippen molar-refractivity contribution in [2.75, 3.05) is 5.32 Å². The molecule has 0 saturated carbocycles. The Labute approximate surface area is 179 Å². The summed E-state index contributed by atoms with van der Waals surface area (Å²) in [6.07, 6.45) is 1.70. The van der Waals surface area contributed by atoms with E-state index in [-0.39, 0.29) is 23.6 Å². The van der Waals surface area contributed by atoms with Crippen LogP contribution in [-0.4, -0.2) is 21.4 Å². The predicted molar refractivity (Wildman–Crippen MR) is 118 cm³/mol. The minimum Gasteiger partial charge on any atom is -0.465 e. The van der Waals surface area contributed by atoms with Crippen LogP contribution in [0.2, 0.25) is 0 Å². The average Bonchev–Trinajstić information content (AvgIpc) is 3.38. The highest BCUT2D eigenvalue weighted by Crippen LogP contribution is 2.22. The number of furan rings is 1. The normalized spacial score (nSPS) is 10.6. The van der Waals surface area contributed by atoms with E-state index in [4.69, 9.17) is 4.42 Å². The van der Waals surface area contributed by atoms with Crippen molar-refractivity contribution >= 4 is 17.8 Å². The standard InChI is InChI=1S/C24H22N4O3/c1-16-12-13-18(31-16)14-25-22(29)19-10-6-7-11-20(19)23(30)27-24-26-15-21(28(24)2)17-8-4-3-5-9-17/h3-13,15H,14H2,1-2H3,(H,25,29)(H,26,27,30). The van der Waals surface area contributed by atoms with Crippen LogP contribution >= 0.6 is 0 Å². The van der Waals surface area contributed by atoms with Gasteiger partial charge in [-0.05, 0) is 36.8 Å². The molecule has 2 heterocycles. The first-order valence-corrected chi connectivity index (χ1v) is 9.84. The van der Waals surface area contributed by atoms with E-state index in [0.717, 1.165) is 17.0 Å². The monoisotopic (exact) mass is 414 g/mol. The number of hydrogen-bond donors (Lipinski definition) is 2. The molecule has 0 bridgehead atoms. The molecule has 4 aromatic rings. The molecule has 31 heavy (non-hydrogen) atoms. The van der Waals surface area contributed by atoms with Crippen molar-refractivity contribution in [3.05, 3.63) is 95.6 Å². The molecule has 2 aromatic heterocycles. The van der Waals surface area contributed by atoms with E-state index in [1.54, 1.807) is 41.1 Å². The van der Waals surface area contributed by atoms with Crippen molar-refractivity contribution in [2.24, 2.45) is 7.05 Å². The van der Waals surface area contributed by atoms with Crippen molar-refractivity contribution in [2.45, 2.75) is 13.5 Å². The summed E-state index contributed by atoms with van der Waals surface area (Å²) in [5.74, 6) is 1.05. The SMILES string of the molecule is Cc1ccc(CNC(=O)c2ccccc2C(=O)Nc2ncc(-c3ccccc3)n2C)o1. The van der Waals surface area contributed by atoms with Crippen LogP contribution in [0.5, 0.6) is 0 Å².